The van der Waals surface area contributed by atoms with Crippen LogP contribution in [0.15, 0.2) is 0 Å². The van der Waals surface area contributed by atoms with Crippen molar-refractivity contribution in [3.8, 4) is 0 Å². The van der Waals surface area contributed by atoms with Gasteiger partial charge in [-0.05, 0) is 41.0 Å². The van der Waals surface area contributed by atoms with Crippen molar-refractivity contribution in [2.75, 3.05) is 20.5 Å². The summed E-state index contributed by atoms with van der Waals surface area (Å²) in [5.41, 5.74) is -0.532. The Labute approximate surface area is 137 Å². The van der Waals surface area contributed by atoms with Crippen molar-refractivity contribution >= 4 is 6.09 Å². The molecule has 23 heavy (non-hydrogen) atoms. The minimum atomic E-state index is -0.664. The maximum atomic E-state index is 12.1. The van der Waals surface area contributed by atoms with Crippen molar-refractivity contribution in [2.45, 2.75) is 70.7 Å². The van der Waals surface area contributed by atoms with Crippen LogP contribution in [-0.4, -0.2) is 56.2 Å². The second-order valence-electron chi connectivity index (χ2n) is 7.59. The van der Waals surface area contributed by atoms with E-state index in [0.717, 1.165) is 0 Å². The molecule has 0 bridgehead atoms. The predicted octanol–water partition coefficient (Wildman–Crippen LogP) is 2.04. The van der Waals surface area contributed by atoms with E-state index in [1.807, 2.05) is 34.6 Å². The van der Waals surface area contributed by atoms with E-state index in [9.17, 15) is 4.79 Å². The molecular formula is C16H29NO6. The van der Waals surface area contributed by atoms with Crippen molar-refractivity contribution in [3.63, 3.8) is 0 Å². The first-order valence-electron chi connectivity index (χ1n) is 8.03. The zero-order valence-electron chi connectivity index (χ0n) is 14.9. The van der Waals surface area contributed by atoms with Gasteiger partial charge in [-0.2, -0.15) is 0 Å². The van der Waals surface area contributed by atoms with E-state index in [4.69, 9.17) is 23.7 Å². The molecule has 0 unspecified atom stereocenters. The monoisotopic (exact) mass is 331 g/mol. The van der Waals surface area contributed by atoms with Crippen LogP contribution in [0.1, 0.15) is 41.0 Å². The fourth-order valence-electron chi connectivity index (χ4n) is 3.13. The number of amides is 1. The number of methoxy groups -OCH3 is 1. The summed E-state index contributed by atoms with van der Waals surface area (Å²) in [6, 6.07) is -0.159. The third kappa shape index (κ3) is 5.04. The lowest BCUT2D eigenvalue weighted by Crippen LogP contribution is -2.45. The van der Waals surface area contributed by atoms with Gasteiger partial charge in [-0.25, -0.2) is 4.79 Å². The summed E-state index contributed by atoms with van der Waals surface area (Å²) in [6.07, 6.45) is -0.0301. The zero-order valence-corrected chi connectivity index (χ0v) is 14.9. The van der Waals surface area contributed by atoms with Crippen LogP contribution < -0.4 is 5.32 Å². The van der Waals surface area contributed by atoms with Crippen LogP contribution in [0.3, 0.4) is 0 Å². The summed E-state index contributed by atoms with van der Waals surface area (Å²) in [6.45, 7) is 10.0. The summed E-state index contributed by atoms with van der Waals surface area (Å²) < 4.78 is 27.7. The van der Waals surface area contributed by atoms with Gasteiger partial charge in [-0.3, -0.25) is 0 Å². The molecule has 1 N–H and O–H groups in total. The minimum Gasteiger partial charge on any atom is -0.444 e. The number of rotatable bonds is 5. The standard InChI is InChI=1S/C16H29NO6/c1-15(2,3)23-14(18)17-11-7-10(8-20-9-19-6)12-13(11)22-16(4,5)21-12/h10-13H,7-9H2,1-6H3,(H,17,18)/t10-,11-,12-,13+/m1/s1. The number of alkyl carbamates (subject to hydrolysis) is 1. The summed E-state index contributed by atoms with van der Waals surface area (Å²) in [5.74, 6) is -0.528. The smallest absolute Gasteiger partial charge is 0.407 e. The number of fused-ring (bicyclic) bond motifs is 1. The first kappa shape index (κ1) is 18.4. The lowest BCUT2D eigenvalue weighted by atomic mass is 10.1. The lowest BCUT2D eigenvalue weighted by Gasteiger charge is -2.25. The molecule has 2 aliphatic rings. The molecule has 2 rings (SSSR count). The number of hydrogen-bond acceptors (Lipinski definition) is 6. The molecule has 1 aliphatic heterocycles. The highest BCUT2D eigenvalue weighted by Crippen LogP contribution is 2.41. The van der Waals surface area contributed by atoms with Crippen molar-refractivity contribution in [1.82, 2.24) is 5.32 Å². The van der Waals surface area contributed by atoms with Gasteiger partial charge >= 0.3 is 6.09 Å². The second kappa shape index (κ2) is 6.93. The van der Waals surface area contributed by atoms with E-state index in [-0.39, 0.29) is 31.0 Å². The van der Waals surface area contributed by atoms with Crippen LogP contribution in [0.2, 0.25) is 0 Å². The first-order valence-corrected chi connectivity index (χ1v) is 8.03. The van der Waals surface area contributed by atoms with Gasteiger partial charge in [0.2, 0.25) is 0 Å². The zero-order chi connectivity index (χ0) is 17.3. The Kier molecular flexibility index (Phi) is 5.56. The van der Waals surface area contributed by atoms with Gasteiger partial charge in [0.15, 0.2) is 5.79 Å². The van der Waals surface area contributed by atoms with Gasteiger partial charge in [0.1, 0.15) is 18.5 Å². The van der Waals surface area contributed by atoms with Crippen LogP contribution in [-0.2, 0) is 23.7 Å². The van der Waals surface area contributed by atoms with Crippen LogP contribution in [0.4, 0.5) is 4.79 Å². The molecule has 0 radical (unpaired) electrons. The predicted molar refractivity (Wildman–Crippen MR) is 82.9 cm³/mol. The molecule has 4 atom stereocenters. The Morgan fingerprint density at radius 3 is 2.52 bits per heavy atom. The summed E-state index contributed by atoms with van der Waals surface area (Å²) in [5, 5.41) is 2.91. The van der Waals surface area contributed by atoms with Crippen molar-refractivity contribution in [2.24, 2.45) is 5.92 Å². The van der Waals surface area contributed by atoms with Gasteiger partial charge in [-0.1, -0.05) is 0 Å². The maximum absolute atomic E-state index is 12.1. The fourth-order valence-corrected chi connectivity index (χ4v) is 3.13. The van der Waals surface area contributed by atoms with Crippen molar-refractivity contribution < 1.29 is 28.5 Å². The number of nitrogens with one attached hydrogen (secondary N) is 1. The summed E-state index contributed by atoms with van der Waals surface area (Å²) in [7, 11) is 1.59. The molecular weight excluding hydrogens is 302 g/mol. The van der Waals surface area contributed by atoms with Gasteiger partial charge in [0, 0.05) is 13.0 Å². The molecule has 7 heteroatoms. The van der Waals surface area contributed by atoms with Crippen LogP contribution in [0, 0.1) is 5.92 Å². The summed E-state index contributed by atoms with van der Waals surface area (Å²) >= 11 is 0. The Balaban J connectivity index is 1.98. The highest BCUT2D eigenvalue weighted by molar-refractivity contribution is 5.68. The molecule has 7 nitrogen and oxygen atoms in total. The van der Waals surface area contributed by atoms with Crippen LogP contribution >= 0.6 is 0 Å². The molecule has 134 valence electrons. The number of ether oxygens (including phenoxy) is 5. The van der Waals surface area contributed by atoms with Gasteiger partial charge in [-0.15, -0.1) is 0 Å². The van der Waals surface area contributed by atoms with Gasteiger partial charge < -0.3 is 29.0 Å². The van der Waals surface area contributed by atoms with Gasteiger partial charge in [0.25, 0.3) is 0 Å². The quantitative estimate of drug-likeness (QED) is 0.614. The van der Waals surface area contributed by atoms with E-state index >= 15 is 0 Å². The van der Waals surface area contributed by atoms with Crippen molar-refractivity contribution in [1.29, 1.82) is 0 Å². The molecule has 1 saturated carbocycles. The Morgan fingerprint density at radius 2 is 1.91 bits per heavy atom. The van der Waals surface area contributed by atoms with E-state index in [1.165, 1.54) is 0 Å². The topological polar surface area (TPSA) is 75.3 Å². The van der Waals surface area contributed by atoms with Crippen LogP contribution in [0.25, 0.3) is 0 Å². The van der Waals surface area contributed by atoms with E-state index < -0.39 is 17.5 Å². The third-order valence-corrected chi connectivity index (χ3v) is 3.82. The Morgan fingerprint density at radius 1 is 1.26 bits per heavy atom. The number of hydrogen-bond donors (Lipinski definition) is 1. The highest BCUT2D eigenvalue weighted by atomic mass is 16.8. The fraction of sp³-hybridized carbons (Fsp3) is 0.938. The highest BCUT2D eigenvalue weighted by Gasteiger charge is 2.54. The average Bonchev–Trinajstić information content (AvgIpc) is 2.83. The van der Waals surface area contributed by atoms with Crippen molar-refractivity contribution in [3.05, 3.63) is 0 Å². The maximum Gasteiger partial charge on any atom is 0.407 e. The number of carbonyl (C=O) groups excluding carboxylic acids is 1. The van der Waals surface area contributed by atoms with E-state index in [0.29, 0.717) is 13.0 Å². The molecule has 1 saturated heterocycles. The second-order valence-corrected chi connectivity index (χ2v) is 7.59. The third-order valence-electron chi connectivity index (χ3n) is 3.82. The molecule has 0 spiro atoms. The lowest BCUT2D eigenvalue weighted by molar-refractivity contribution is -0.162. The van der Waals surface area contributed by atoms with Crippen LogP contribution in [0.5, 0.6) is 0 Å². The normalized spacial score (nSPS) is 32.6. The molecule has 1 amide bonds. The Bertz CT molecular complexity index is 419. The Hall–Kier alpha value is -0.890. The molecule has 0 aromatic heterocycles. The molecule has 1 heterocycles. The molecule has 0 aromatic rings. The number of carbonyl (C=O) groups is 1. The SMILES string of the molecule is COCOC[C@H]1C[C@@H](NC(=O)OC(C)(C)C)[C@@H]2OC(C)(C)O[C@H]12. The largest absolute Gasteiger partial charge is 0.444 e. The molecule has 1 aliphatic carbocycles. The summed E-state index contributed by atoms with van der Waals surface area (Å²) in [4.78, 5) is 12.1. The average molecular weight is 331 g/mol. The molecule has 0 aromatic carbocycles. The van der Waals surface area contributed by atoms with E-state index in [1.54, 1.807) is 7.11 Å². The molecule has 2 fully saturated rings. The van der Waals surface area contributed by atoms with E-state index in [2.05, 4.69) is 5.32 Å². The minimum absolute atomic E-state index is 0.109. The van der Waals surface area contributed by atoms with Gasteiger partial charge in [0.05, 0.1) is 18.8 Å². The first-order chi connectivity index (χ1) is 10.6.